The van der Waals surface area contributed by atoms with Crippen LogP contribution in [0.15, 0.2) is 36.4 Å². The highest BCUT2D eigenvalue weighted by molar-refractivity contribution is 5.85. The number of benzene rings is 2. The summed E-state index contributed by atoms with van der Waals surface area (Å²) in [5, 5.41) is 21.2. The van der Waals surface area contributed by atoms with E-state index in [2.05, 4.69) is 0 Å². The molecular weight excluding hydrogens is 459 g/mol. The highest BCUT2D eigenvalue weighted by atomic mass is 35.5. The lowest BCUT2D eigenvalue weighted by atomic mass is 9.92. The average molecular weight is 493 g/mol. The molecule has 6 N–H and O–H groups in total. The van der Waals surface area contributed by atoms with E-state index >= 15 is 0 Å². The zero-order valence-corrected chi connectivity index (χ0v) is 20.3. The molecule has 0 unspecified atom stereocenters. The number of aliphatic hydroxyl groups is 2. The monoisotopic (exact) mass is 492 g/mol. The van der Waals surface area contributed by atoms with Crippen molar-refractivity contribution in [3.05, 3.63) is 47.5 Å². The molecular formula is C22H34Cl2N2O6. The van der Waals surface area contributed by atoms with Gasteiger partial charge in [-0.15, -0.1) is 24.8 Å². The molecule has 0 bridgehead atoms. The minimum atomic E-state index is -1.23. The Labute approximate surface area is 201 Å². The van der Waals surface area contributed by atoms with E-state index in [0.717, 1.165) is 11.1 Å². The maximum Gasteiger partial charge on any atom is 0.125 e. The number of methoxy groups -OCH3 is 4. The van der Waals surface area contributed by atoms with Gasteiger partial charge in [-0.2, -0.15) is 0 Å². The largest absolute Gasteiger partial charge is 0.497 e. The number of ether oxygens (including phenoxy) is 4. The van der Waals surface area contributed by atoms with Gasteiger partial charge in [0.25, 0.3) is 0 Å². The zero-order chi connectivity index (χ0) is 22.3. The first-order valence-electron chi connectivity index (χ1n) is 9.63. The van der Waals surface area contributed by atoms with Crippen molar-refractivity contribution in [1.82, 2.24) is 0 Å². The second kappa shape index (κ2) is 14.3. The second-order valence-electron chi connectivity index (χ2n) is 7.07. The van der Waals surface area contributed by atoms with E-state index in [-0.39, 0.29) is 24.8 Å². The first-order valence-corrected chi connectivity index (χ1v) is 9.63. The third-order valence-electron chi connectivity index (χ3n) is 5.13. The molecule has 0 heterocycles. The molecule has 32 heavy (non-hydrogen) atoms. The molecule has 0 radical (unpaired) electrons. The Bertz CT molecular complexity index is 760. The Balaban J connectivity index is 0.00000480. The highest BCUT2D eigenvalue weighted by Crippen LogP contribution is 2.28. The Kier molecular flexibility index (Phi) is 13.4. The molecule has 2 rings (SSSR count). The summed E-state index contributed by atoms with van der Waals surface area (Å²) in [4.78, 5) is 0. The fourth-order valence-corrected chi connectivity index (χ4v) is 3.30. The number of aliphatic hydroxyl groups excluding tert-OH is 2. The number of nitrogens with two attached hydrogens (primary N) is 2. The molecule has 4 atom stereocenters. The van der Waals surface area contributed by atoms with Crippen molar-refractivity contribution < 1.29 is 29.2 Å². The Morgan fingerprint density at radius 1 is 0.656 bits per heavy atom. The number of rotatable bonds is 11. The van der Waals surface area contributed by atoms with Gasteiger partial charge in [0.05, 0.1) is 40.6 Å². The van der Waals surface area contributed by atoms with E-state index in [0.29, 0.717) is 35.8 Å². The molecule has 0 spiro atoms. The van der Waals surface area contributed by atoms with Crippen LogP contribution in [0.1, 0.15) is 11.1 Å². The van der Waals surface area contributed by atoms with Crippen molar-refractivity contribution in [2.45, 2.75) is 37.1 Å². The van der Waals surface area contributed by atoms with Crippen molar-refractivity contribution in [2.24, 2.45) is 11.5 Å². The smallest absolute Gasteiger partial charge is 0.125 e. The quantitative estimate of drug-likeness (QED) is 0.373. The van der Waals surface area contributed by atoms with Gasteiger partial charge < -0.3 is 40.6 Å². The molecule has 0 aliphatic rings. The zero-order valence-electron chi connectivity index (χ0n) is 18.7. The van der Waals surface area contributed by atoms with E-state index in [9.17, 15) is 10.2 Å². The van der Waals surface area contributed by atoms with Crippen LogP contribution in [-0.4, -0.2) is 62.9 Å². The molecule has 0 aromatic heterocycles. The molecule has 0 saturated heterocycles. The molecule has 2 aromatic carbocycles. The van der Waals surface area contributed by atoms with Gasteiger partial charge in [-0.1, -0.05) is 12.1 Å². The maximum absolute atomic E-state index is 10.6. The van der Waals surface area contributed by atoms with Gasteiger partial charge in [-0.25, -0.2) is 0 Å². The first-order chi connectivity index (χ1) is 14.3. The van der Waals surface area contributed by atoms with Crippen LogP contribution in [0.3, 0.4) is 0 Å². The summed E-state index contributed by atoms with van der Waals surface area (Å²) >= 11 is 0. The Hall–Kier alpha value is -1.94. The number of halogens is 2. The van der Waals surface area contributed by atoms with Gasteiger partial charge >= 0.3 is 0 Å². The predicted octanol–water partition coefficient (Wildman–Crippen LogP) is 1.73. The van der Waals surface area contributed by atoms with E-state index in [4.69, 9.17) is 30.4 Å². The summed E-state index contributed by atoms with van der Waals surface area (Å²) < 4.78 is 21.1. The summed E-state index contributed by atoms with van der Waals surface area (Å²) in [6, 6.07) is 9.21. The van der Waals surface area contributed by atoms with Crippen LogP contribution in [-0.2, 0) is 12.8 Å². The summed E-state index contributed by atoms with van der Waals surface area (Å²) in [6.45, 7) is 0. The fourth-order valence-electron chi connectivity index (χ4n) is 3.30. The van der Waals surface area contributed by atoms with Gasteiger partial charge in [-0.05, 0) is 36.1 Å². The van der Waals surface area contributed by atoms with Crippen molar-refractivity contribution in [3.8, 4) is 23.0 Å². The molecule has 2 aromatic rings. The molecule has 0 aliphatic carbocycles. The minimum Gasteiger partial charge on any atom is -0.497 e. The van der Waals surface area contributed by atoms with Crippen molar-refractivity contribution in [1.29, 1.82) is 0 Å². The highest BCUT2D eigenvalue weighted by Gasteiger charge is 2.30. The molecule has 0 amide bonds. The van der Waals surface area contributed by atoms with Crippen molar-refractivity contribution in [3.63, 3.8) is 0 Å². The first kappa shape index (κ1) is 30.1. The number of hydrogen-bond acceptors (Lipinski definition) is 8. The molecule has 0 aliphatic heterocycles. The SMILES string of the molecule is COc1ccc(C[C@H](N)[C@@H](O)[C@H](O)[C@@H](N)Cc2ccc(OC)cc2OC)c(OC)c1.Cl.Cl. The van der Waals surface area contributed by atoms with Crippen LogP contribution < -0.4 is 30.4 Å². The normalized spacial score (nSPS) is 14.1. The van der Waals surface area contributed by atoms with Crippen molar-refractivity contribution in [2.75, 3.05) is 28.4 Å². The Morgan fingerprint density at radius 2 is 1.00 bits per heavy atom. The van der Waals surface area contributed by atoms with Crippen LogP contribution in [0.4, 0.5) is 0 Å². The predicted molar refractivity (Wildman–Crippen MR) is 129 cm³/mol. The van der Waals surface area contributed by atoms with Crippen LogP contribution >= 0.6 is 24.8 Å². The van der Waals surface area contributed by atoms with Gasteiger partial charge in [0, 0.05) is 24.2 Å². The summed E-state index contributed by atoms with van der Waals surface area (Å²) in [5.41, 5.74) is 13.9. The summed E-state index contributed by atoms with van der Waals surface area (Å²) in [7, 11) is 6.24. The Morgan fingerprint density at radius 3 is 1.28 bits per heavy atom. The summed E-state index contributed by atoms with van der Waals surface area (Å²) in [6.07, 6.45) is -1.86. The van der Waals surface area contributed by atoms with E-state index in [1.807, 2.05) is 12.1 Å². The van der Waals surface area contributed by atoms with Crippen LogP contribution in [0.5, 0.6) is 23.0 Å². The van der Waals surface area contributed by atoms with Crippen LogP contribution in [0.25, 0.3) is 0 Å². The maximum atomic E-state index is 10.6. The average Bonchev–Trinajstić information content (AvgIpc) is 2.78. The number of hydrogen-bond donors (Lipinski definition) is 4. The molecule has 182 valence electrons. The van der Waals surface area contributed by atoms with Crippen LogP contribution in [0.2, 0.25) is 0 Å². The topological polar surface area (TPSA) is 129 Å². The molecule has 10 heteroatoms. The molecule has 8 nitrogen and oxygen atoms in total. The van der Waals surface area contributed by atoms with E-state index < -0.39 is 24.3 Å². The van der Waals surface area contributed by atoms with Gasteiger partial charge in [0.15, 0.2) is 0 Å². The van der Waals surface area contributed by atoms with Crippen LogP contribution in [0, 0.1) is 0 Å². The van der Waals surface area contributed by atoms with Gasteiger partial charge in [0.1, 0.15) is 23.0 Å². The fraction of sp³-hybridized carbons (Fsp3) is 0.455. The lowest BCUT2D eigenvalue weighted by molar-refractivity contribution is -0.00990. The standard InChI is InChI=1S/C22H32N2O6.2ClH/c1-27-15-7-5-13(19(11-15)29-3)9-17(23)21(25)22(26)18(24)10-14-6-8-16(28-2)12-20(14)30-4;;/h5-8,11-12,17-18,21-22,25-26H,9-10,23-24H2,1-4H3;2*1H/t17-,18-,21+,22+;;/m0../s1. The lowest BCUT2D eigenvalue weighted by Crippen LogP contribution is -2.52. The lowest BCUT2D eigenvalue weighted by Gasteiger charge is -2.28. The third kappa shape index (κ3) is 7.58. The second-order valence-corrected chi connectivity index (χ2v) is 7.07. The van der Waals surface area contributed by atoms with Gasteiger partial charge in [0.2, 0.25) is 0 Å². The van der Waals surface area contributed by atoms with Crippen molar-refractivity contribution >= 4 is 24.8 Å². The minimum absolute atomic E-state index is 0. The molecule has 0 saturated carbocycles. The van der Waals surface area contributed by atoms with E-state index in [1.54, 1.807) is 52.7 Å². The van der Waals surface area contributed by atoms with Gasteiger partial charge in [-0.3, -0.25) is 0 Å². The third-order valence-corrected chi connectivity index (χ3v) is 5.13. The summed E-state index contributed by atoms with van der Waals surface area (Å²) in [5.74, 6) is 2.50. The molecule has 0 fully saturated rings. The van der Waals surface area contributed by atoms with E-state index in [1.165, 1.54) is 0 Å².